The van der Waals surface area contributed by atoms with Gasteiger partial charge in [0.2, 0.25) is 0 Å². The van der Waals surface area contributed by atoms with E-state index in [9.17, 15) is 19.2 Å². The summed E-state index contributed by atoms with van der Waals surface area (Å²) in [5.74, 6) is 1.49. The maximum atomic E-state index is 10.6. The summed E-state index contributed by atoms with van der Waals surface area (Å²) >= 11 is 0. The molecule has 0 spiro atoms. The fourth-order valence-electron chi connectivity index (χ4n) is 2.43. The molecule has 8 N–H and O–H groups in total. The van der Waals surface area contributed by atoms with Gasteiger partial charge in [-0.2, -0.15) is 0 Å². The van der Waals surface area contributed by atoms with Crippen LogP contribution in [0.2, 0.25) is 0 Å². The van der Waals surface area contributed by atoms with Gasteiger partial charge >= 0.3 is 0 Å². The molecule has 5 atom stereocenters. The lowest BCUT2D eigenvalue weighted by Gasteiger charge is -2.13. The van der Waals surface area contributed by atoms with Gasteiger partial charge in [0.25, 0.3) is 0 Å². The Morgan fingerprint density at radius 3 is 1.24 bits per heavy atom. The van der Waals surface area contributed by atoms with Gasteiger partial charge in [-0.25, -0.2) is 0 Å². The van der Waals surface area contributed by atoms with Crippen molar-refractivity contribution in [1.82, 2.24) is 0 Å². The lowest BCUT2D eigenvalue weighted by Crippen LogP contribution is -2.34. The average molecular weight is 473 g/mol. The molecule has 1 rings (SSSR count). The number of rotatable bonds is 10. The summed E-state index contributed by atoms with van der Waals surface area (Å²) in [6, 6.07) is -0.903. The van der Waals surface area contributed by atoms with E-state index in [0.29, 0.717) is 11.8 Å². The lowest BCUT2D eigenvalue weighted by molar-refractivity contribution is -0.119. The van der Waals surface area contributed by atoms with Crippen LogP contribution in [0.25, 0.3) is 0 Å². The van der Waals surface area contributed by atoms with Gasteiger partial charge in [0.15, 0.2) is 0 Å². The minimum absolute atomic E-state index is 0.0694. The second-order valence-electron chi connectivity index (χ2n) is 9.38. The Bertz CT molecular complexity index is 559. The maximum Gasteiger partial charge on any atom is 0.146 e. The van der Waals surface area contributed by atoms with Crippen molar-refractivity contribution in [3.05, 3.63) is 0 Å². The standard InChI is InChI=1S/C7H15NO.C6H11NO.2C6H13NO/c1-4-5(2)7(8)6(3)9;1-4(8)6(7)5-2-3-5;1-4(2)6(7)5(3)8;1-3-4-6(7)5(2)8/h5,7H,4,8H2,1-3H3;5-6H,2-3,7H2,1H3;4,6H,7H2,1-3H3;6H,3-4,7H2,1-2H3/t5?,7-;3*6-/m0100/s1. The van der Waals surface area contributed by atoms with Gasteiger partial charge in [-0.05, 0) is 64.7 Å². The summed E-state index contributed by atoms with van der Waals surface area (Å²) in [5, 5.41) is 0. The third-order valence-electron chi connectivity index (χ3n) is 5.64. The minimum Gasteiger partial charge on any atom is -0.322 e. The number of Topliss-reactive ketones (excluding diaryl/α,β-unsaturated/α-hetero) is 4. The van der Waals surface area contributed by atoms with Crippen molar-refractivity contribution >= 4 is 23.1 Å². The van der Waals surface area contributed by atoms with Crippen LogP contribution >= 0.6 is 0 Å². The second-order valence-corrected chi connectivity index (χ2v) is 9.38. The molecule has 8 nitrogen and oxygen atoms in total. The smallest absolute Gasteiger partial charge is 0.146 e. The van der Waals surface area contributed by atoms with E-state index in [2.05, 4.69) is 0 Å². The zero-order valence-corrected chi connectivity index (χ0v) is 22.5. The van der Waals surface area contributed by atoms with Crippen molar-refractivity contribution in [3.63, 3.8) is 0 Å². The molecule has 1 aliphatic carbocycles. The van der Waals surface area contributed by atoms with Crippen molar-refractivity contribution in [1.29, 1.82) is 0 Å². The Morgan fingerprint density at radius 2 is 1.15 bits per heavy atom. The highest BCUT2D eigenvalue weighted by molar-refractivity contribution is 5.82. The Kier molecular flexibility index (Phi) is 21.8. The van der Waals surface area contributed by atoms with Crippen LogP contribution in [0.3, 0.4) is 0 Å². The molecule has 1 unspecified atom stereocenters. The van der Waals surface area contributed by atoms with E-state index >= 15 is 0 Å². The Balaban J connectivity index is -0.000000364. The highest BCUT2D eigenvalue weighted by Gasteiger charge is 2.30. The largest absolute Gasteiger partial charge is 0.322 e. The molecule has 8 heteroatoms. The molecule has 1 saturated carbocycles. The molecule has 0 aliphatic heterocycles. The normalized spacial score (nSPS) is 16.8. The molecule has 0 heterocycles. The first-order chi connectivity index (χ1) is 15.0. The van der Waals surface area contributed by atoms with E-state index in [1.54, 1.807) is 6.92 Å². The van der Waals surface area contributed by atoms with E-state index in [-0.39, 0.29) is 53.2 Å². The predicted molar refractivity (Wildman–Crippen MR) is 137 cm³/mol. The molecule has 0 amide bonds. The molecule has 1 fully saturated rings. The molecule has 1 aliphatic rings. The van der Waals surface area contributed by atoms with Crippen LogP contribution < -0.4 is 22.9 Å². The van der Waals surface area contributed by atoms with Crippen molar-refractivity contribution in [2.75, 3.05) is 0 Å². The molecule has 0 saturated heterocycles. The SMILES string of the molecule is CC(=O)[C@@H](N)C(C)C.CC(=O)[C@@H](N)C1CC1.CCC(C)[C@H](N)C(C)=O.CCC[C@H](N)C(C)=O. The van der Waals surface area contributed by atoms with E-state index in [0.717, 1.165) is 32.1 Å². The van der Waals surface area contributed by atoms with E-state index < -0.39 is 0 Å². The molecule has 196 valence electrons. The van der Waals surface area contributed by atoms with Crippen LogP contribution in [0.1, 0.15) is 94.4 Å². The summed E-state index contributed by atoms with van der Waals surface area (Å²) in [4.78, 5) is 42.0. The number of hydrogen-bond acceptors (Lipinski definition) is 8. The van der Waals surface area contributed by atoms with Gasteiger partial charge in [0.1, 0.15) is 23.1 Å². The zero-order chi connectivity index (χ0) is 26.9. The Labute approximate surface area is 202 Å². The molecular formula is C25H52N4O4. The Hall–Kier alpha value is -1.48. The summed E-state index contributed by atoms with van der Waals surface area (Å²) in [6.45, 7) is 16.1. The van der Waals surface area contributed by atoms with E-state index in [1.165, 1.54) is 20.8 Å². The molecule has 33 heavy (non-hydrogen) atoms. The van der Waals surface area contributed by atoms with Crippen LogP contribution in [0, 0.1) is 17.8 Å². The number of nitrogens with two attached hydrogens (primary N) is 4. The molecule has 0 aromatic rings. The van der Waals surface area contributed by atoms with Gasteiger partial charge in [-0.15, -0.1) is 0 Å². The summed E-state index contributed by atoms with van der Waals surface area (Å²) < 4.78 is 0. The van der Waals surface area contributed by atoms with E-state index in [4.69, 9.17) is 22.9 Å². The maximum absolute atomic E-state index is 10.6. The van der Waals surface area contributed by atoms with Crippen LogP contribution in [-0.4, -0.2) is 47.3 Å². The third-order valence-corrected chi connectivity index (χ3v) is 5.64. The van der Waals surface area contributed by atoms with Gasteiger partial charge in [0, 0.05) is 0 Å². The summed E-state index contributed by atoms with van der Waals surface area (Å²) in [5.41, 5.74) is 21.8. The number of carbonyl (C=O) groups excluding carboxylic acids is 4. The van der Waals surface area contributed by atoms with Gasteiger partial charge in [-0.3, -0.25) is 19.2 Å². The highest BCUT2D eigenvalue weighted by atomic mass is 16.1. The highest BCUT2D eigenvalue weighted by Crippen LogP contribution is 2.31. The number of hydrogen-bond donors (Lipinski definition) is 4. The molecule has 0 radical (unpaired) electrons. The quantitative estimate of drug-likeness (QED) is 0.375. The van der Waals surface area contributed by atoms with Gasteiger partial charge < -0.3 is 22.9 Å². The van der Waals surface area contributed by atoms with Crippen molar-refractivity contribution in [3.8, 4) is 0 Å². The topological polar surface area (TPSA) is 172 Å². The fraction of sp³-hybridized carbons (Fsp3) is 0.840. The van der Waals surface area contributed by atoms with Crippen molar-refractivity contribution < 1.29 is 19.2 Å². The summed E-state index contributed by atoms with van der Waals surface area (Å²) in [6.07, 6.45) is 5.08. The van der Waals surface area contributed by atoms with Crippen molar-refractivity contribution in [2.45, 2.75) is 119 Å². The first-order valence-corrected chi connectivity index (χ1v) is 12.1. The second kappa shape index (κ2) is 19.9. The molecule has 0 aromatic heterocycles. The summed E-state index contributed by atoms with van der Waals surface area (Å²) in [7, 11) is 0. The lowest BCUT2D eigenvalue weighted by atomic mass is 9.97. The van der Waals surface area contributed by atoms with Crippen LogP contribution in [0.4, 0.5) is 0 Å². The third kappa shape index (κ3) is 20.8. The molecular weight excluding hydrogens is 420 g/mol. The van der Waals surface area contributed by atoms with E-state index in [1.807, 2.05) is 34.6 Å². The van der Waals surface area contributed by atoms with Gasteiger partial charge in [0.05, 0.1) is 24.2 Å². The average Bonchev–Trinajstić information content (AvgIpc) is 3.57. The fourth-order valence-corrected chi connectivity index (χ4v) is 2.43. The van der Waals surface area contributed by atoms with Crippen molar-refractivity contribution in [2.24, 2.45) is 40.7 Å². The monoisotopic (exact) mass is 472 g/mol. The van der Waals surface area contributed by atoms with Crippen LogP contribution in [0.5, 0.6) is 0 Å². The molecule has 0 bridgehead atoms. The first kappa shape index (κ1) is 36.1. The minimum atomic E-state index is -0.269. The zero-order valence-electron chi connectivity index (χ0n) is 22.5. The number of carbonyl (C=O) groups is 4. The van der Waals surface area contributed by atoms with Gasteiger partial charge in [-0.1, -0.05) is 47.5 Å². The predicted octanol–water partition coefficient (Wildman–Crippen LogP) is 2.52. The van der Waals surface area contributed by atoms with Crippen LogP contribution in [-0.2, 0) is 19.2 Å². The molecule has 0 aromatic carbocycles. The van der Waals surface area contributed by atoms with Crippen LogP contribution in [0.15, 0.2) is 0 Å². The number of ketones is 4. The first-order valence-electron chi connectivity index (χ1n) is 12.1. The Morgan fingerprint density at radius 1 is 0.727 bits per heavy atom.